The van der Waals surface area contributed by atoms with Crippen LogP contribution in [0.4, 0.5) is 0 Å². The van der Waals surface area contributed by atoms with E-state index in [1.807, 2.05) is 0 Å². The number of benzene rings is 1. The van der Waals surface area contributed by atoms with Gasteiger partial charge < -0.3 is 15.3 Å². The summed E-state index contributed by atoms with van der Waals surface area (Å²) in [5, 5.41) is 26.2. The van der Waals surface area contributed by atoms with Gasteiger partial charge in [-0.15, -0.1) is 0 Å². The molecule has 1 aromatic carbocycles. The Balaban J connectivity index is 0.000000181. The molecule has 0 heterocycles. The molecule has 0 spiro atoms. The van der Waals surface area contributed by atoms with Crippen molar-refractivity contribution in [2.45, 2.75) is 44.8 Å². The summed E-state index contributed by atoms with van der Waals surface area (Å²) in [5.74, 6) is -0.0995. The zero-order chi connectivity index (χ0) is 11.8. The summed E-state index contributed by atoms with van der Waals surface area (Å²) in [4.78, 5) is 0. The molecule has 3 heteroatoms. The van der Waals surface area contributed by atoms with Gasteiger partial charge in [0.15, 0.2) is 6.29 Å². The van der Waals surface area contributed by atoms with Crippen LogP contribution < -0.4 is 0 Å². The summed E-state index contributed by atoms with van der Waals surface area (Å²) in [6.45, 7) is 0. The highest BCUT2D eigenvalue weighted by atomic mass is 16.5. The van der Waals surface area contributed by atoms with Crippen molar-refractivity contribution in [3.8, 4) is 5.75 Å². The van der Waals surface area contributed by atoms with E-state index in [-0.39, 0.29) is 11.3 Å². The summed E-state index contributed by atoms with van der Waals surface area (Å²) in [6, 6.07) is 6.07. The van der Waals surface area contributed by atoms with Gasteiger partial charge in [-0.1, -0.05) is 56.7 Å². The minimum Gasteiger partial charge on any atom is -0.507 e. The maximum atomic E-state index is 8.96. The number of rotatable bonds is 1. The van der Waals surface area contributed by atoms with E-state index in [0.717, 1.165) is 0 Å². The van der Waals surface area contributed by atoms with Crippen molar-refractivity contribution in [2.24, 2.45) is 0 Å². The SMILES string of the molecule is C1CCCCC1.Oc1ccccc1C(O)O. The van der Waals surface area contributed by atoms with E-state index in [1.54, 1.807) is 12.1 Å². The van der Waals surface area contributed by atoms with Crippen LogP contribution in [0.2, 0.25) is 0 Å². The predicted molar refractivity (Wildman–Crippen MR) is 63.0 cm³/mol. The first-order chi connectivity index (χ1) is 7.72. The van der Waals surface area contributed by atoms with Crippen molar-refractivity contribution in [3.05, 3.63) is 29.8 Å². The number of aromatic hydroxyl groups is 1. The van der Waals surface area contributed by atoms with Gasteiger partial charge in [0, 0.05) is 5.56 Å². The molecule has 0 unspecified atom stereocenters. The second-order valence-corrected chi connectivity index (χ2v) is 4.05. The fraction of sp³-hybridized carbons (Fsp3) is 0.538. The minimum absolute atomic E-state index is 0.0995. The van der Waals surface area contributed by atoms with Crippen molar-refractivity contribution < 1.29 is 15.3 Å². The van der Waals surface area contributed by atoms with Gasteiger partial charge in [0.25, 0.3) is 0 Å². The van der Waals surface area contributed by atoms with E-state index in [1.165, 1.54) is 50.7 Å². The molecule has 0 radical (unpaired) electrons. The molecular weight excluding hydrogens is 204 g/mol. The predicted octanol–water partition coefficient (Wildman–Crippen LogP) is 2.72. The Morgan fingerprint density at radius 2 is 1.25 bits per heavy atom. The highest BCUT2D eigenvalue weighted by Gasteiger charge is 2.05. The third-order valence-corrected chi connectivity index (χ3v) is 2.71. The van der Waals surface area contributed by atoms with Crippen LogP contribution in [-0.4, -0.2) is 15.3 Å². The lowest BCUT2D eigenvalue weighted by Gasteiger charge is -2.05. The molecule has 1 fully saturated rings. The Labute approximate surface area is 96.4 Å². The fourth-order valence-electron chi connectivity index (χ4n) is 1.77. The molecule has 1 aromatic rings. The summed E-state index contributed by atoms with van der Waals surface area (Å²) < 4.78 is 0. The van der Waals surface area contributed by atoms with Crippen LogP contribution >= 0.6 is 0 Å². The van der Waals surface area contributed by atoms with Crippen molar-refractivity contribution >= 4 is 0 Å². The van der Waals surface area contributed by atoms with Crippen LogP contribution in [0, 0.1) is 0 Å². The zero-order valence-electron chi connectivity index (χ0n) is 9.47. The molecule has 3 N–H and O–H groups in total. The van der Waals surface area contributed by atoms with Crippen molar-refractivity contribution in [3.63, 3.8) is 0 Å². The molecule has 0 aromatic heterocycles. The number of aliphatic hydroxyl groups is 2. The van der Waals surface area contributed by atoms with Crippen molar-refractivity contribution in [2.75, 3.05) is 0 Å². The molecule has 1 aliphatic rings. The Kier molecular flexibility index (Phi) is 5.90. The van der Waals surface area contributed by atoms with Gasteiger partial charge >= 0.3 is 0 Å². The number of hydrogen-bond acceptors (Lipinski definition) is 3. The monoisotopic (exact) mass is 224 g/mol. The molecule has 1 aliphatic carbocycles. The molecule has 90 valence electrons. The first kappa shape index (κ1) is 13.0. The Hall–Kier alpha value is -1.06. The smallest absolute Gasteiger partial charge is 0.182 e. The number of aliphatic hydroxyl groups excluding tert-OH is 1. The second kappa shape index (κ2) is 7.25. The van der Waals surface area contributed by atoms with Crippen molar-refractivity contribution in [1.29, 1.82) is 0 Å². The van der Waals surface area contributed by atoms with Crippen LogP contribution in [0.15, 0.2) is 24.3 Å². The van der Waals surface area contributed by atoms with Crippen molar-refractivity contribution in [1.82, 2.24) is 0 Å². The van der Waals surface area contributed by atoms with E-state index in [2.05, 4.69) is 0 Å². The topological polar surface area (TPSA) is 60.7 Å². The summed E-state index contributed by atoms with van der Waals surface area (Å²) in [5.41, 5.74) is 0.127. The Morgan fingerprint density at radius 1 is 0.812 bits per heavy atom. The first-order valence-corrected chi connectivity index (χ1v) is 5.86. The molecule has 3 nitrogen and oxygen atoms in total. The van der Waals surface area contributed by atoms with Crippen LogP contribution in [0.1, 0.15) is 50.4 Å². The van der Waals surface area contributed by atoms with Crippen LogP contribution in [0.5, 0.6) is 5.75 Å². The number of para-hydroxylation sites is 1. The average Bonchev–Trinajstić information content (AvgIpc) is 2.32. The van der Waals surface area contributed by atoms with E-state index >= 15 is 0 Å². The quantitative estimate of drug-likeness (QED) is 0.643. The number of phenols is 1. The largest absolute Gasteiger partial charge is 0.507 e. The second-order valence-electron chi connectivity index (χ2n) is 4.05. The standard InChI is InChI=1S/C7H8O3.C6H12/c8-6-4-2-1-3-5(6)7(9)10;1-2-4-6-5-3-1/h1-4,7-10H;1-6H2. The van der Waals surface area contributed by atoms with Gasteiger partial charge in [-0.05, 0) is 6.07 Å². The molecule has 0 atom stereocenters. The van der Waals surface area contributed by atoms with Gasteiger partial charge in [-0.2, -0.15) is 0 Å². The van der Waals surface area contributed by atoms with Gasteiger partial charge in [0.2, 0.25) is 0 Å². The fourth-order valence-corrected chi connectivity index (χ4v) is 1.77. The zero-order valence-corrected chi connectivity index (χ0v) is 9.47. The van der Waals surface area contributed by atoms with Crippen LogP contribution in [0.3, 0.4) is 0 Å². The molecule has 0 aliphatic heterocycles. The third-order valence-electron chi connectivity index (χ3n) is 2.71. The average molecular weight is 224 g/mol. The van der Waals surface area contributed by atoms with Crippen LogP contribution in [-0.2, 0) is 0 Å². The number of phenolic OH excluding ortho intramolecular Hbond substituents is 1. The van der Waals surface area contributed by atoms with Gasteiger partial charge in [0.1, 0.15) is 5.75 Å². The maximum Gasteiger partial charge on any atom is 0.182 e. The van der Waals surface area contributed by atoms with Gasteiger partial charge in [-0.3, -0.25) is 0 Å². The first-order valence-electron chi connectivity index (χ1n) is 5.86. The molecule has 0 amide bonds. The molecule has 1 saturated carbocycles. The molecule has 16 heavy (non-hydrogen) atoms. The summed E-state index contributed by atoms with van der Waals surface area (Å²) in [6.07, 6.45) is 7.40. The highest BCUT2D eigenvalue weighted by molar-refractivity contribution is 5.32. The van der Waals surface area contributed by atoms with E-state index in [4.69, 9.17) is 15.3 Å². The highest BCUT2D eigenvalue weighted by Crippen LogP contribution is 2.20. The summed E-state index contributed by atoms with van der Waals surface area (Å²) in [7, 11) is 0. The Bertz CT molecular complexity index is 281. The number of hydrogen-bond donors (Lipinski definition) is 3. The van der Waals surface area contributed by atoms with E-state index < -0.39 is 6.29 Å². The van der Waals surface area contributed by atoms with Gasteiger partial charge in [0.05, 0.1) is 0 Å². The van der Waals surface area contributed by atoms with E-state index in [9.17, 15) is 0 Å². The summed E-state index contributed by atoms with van der Waals surface area (Å²) >= 11 is 0. The van der Waals surface area contributed by atoms with E-state index in [0.29, 0.717) is 0 Å². The van der Waals surface area contributed by atoms with Gasteiger partial charge in [-0.25, -0.2) is 0 Å². The lowest BCUT2D eigenvalue weighted by molar-refractivity contribution is -0.0438. The third kappa shape index (κ3) is 4.64. The minimum atomic E-state index is -1.60. The lowest BCUT2D eigenvalue weighted by Crippen LogP contribution is -1.93. The van der Waals surface area contributed by atoms with Crippen LogP contribution in [0.25, 0.3) is 0 Å². The molecular formula is C13H20O3. The maximum absolute atomic E-state index is 8.96. The molecule has 2 rings (SSSR count). The Morgan fingerprint density at radius 3 is 1.56 bits per heavy atom. The normalized spacial score (nSPS) is 15.4. The lowest BCUT2D eigenvalue weighted by atomic mass is 10.0. The molecule has 0 saturated heterocycles. The molecule has 0 bridgehead atoms.